The molecule has 0 heterocycles. The van der Waals surface area contributed by atoms with E-state index in [2.05, 4.69) is 0 Å². The Bertz CT molecular complexity index is 400. The van der Waals surface area contributed by atoms with Crippen LogP contribution in [0.25, 0.3) is 0 Å². The second kappa shape index (κ2) is 5.63. The summed E-state index contributed by atoms with van der Waals surface area (Å²) >= 11 is 5.52. The fraction of sp³-hybridized carbons (Fsp3) is 0.364. The molecule has 0 unspecified atom stereocenters. The minimum atomic E-state index is -0.712. The molecule has 0 aromatic heterocycles. The number of carbonyl (C=O) groups excluding carboxylic acids is 1. The summed E-state index contributed by atoms with van der Waals surface area (Å²) in [6, 6.07) is 1.56. The monoisotopic (exact) mass is 260 g/mol. The molecular formula is C11H13ClO5. The molecule has 0 spiro atoms. The number of hydrogen-bond donors (Lipinski definition) is 0. The molecule has 0 atom stereocenters. The maximum atomic E-state index is 11.4. The Morgan fingerprint density at radius 3 is 1.59 bits per heavy atom. The van der Waals surface area contributed by atoms with E-state index in [0.717, 1.165) is 0 Å². The number of ether oxygens (including phenoxy) is 4. The van der Waals surface area contributed by atoms with Gasteiger partial charge in [0.05, 0.1) is 28.4 Å². The molecule has 0 saturated heterocycles. The second-order valence-electron chi connectivity index (χ2n) is 3.00. The molecule has 1 aromatic rings. The molecule has 0 N–H and O–H groups in total. The lowest BCUT2D eigenvalue weighted by molar-refractivity contribution is 0.107. The van der Waals surface area contributed by atoms with E-state index in [4.69, 9.17) is 30.5 Å². The molecule has 0 fully saturated rings. The van der Waals surface area contributed by atoms with Crippen LogP contribution >= 0.6 is 11.6 Å². The van der Waals surface area contributed by atoms with E-state index in [0.29, 0.717) is 11.5 Å². The van der Waals surface area contributed by atoms with E-state index < -0.39 is 5.24 Å². The van der Waals surface area contributed by atoms with Gasteiger partial charge in [0.2, 0.25) is 0 Å². The van der Waals surface area contributed by atoms with E-state index in [9.17, 15) is 4.79 Å². The van der Waals surface area contributed by atoms with Crippen molar-refractivity contribution in [2.75, 3.05) is 28.4 Å². The summed E-state index contributed by atoms with van der Waals surface area (Å²) < 4.78 is 20.4. The lowest BCUT2D eigenvalue weighted by Gasteiger charge is -2.16. The Morgan fingerprint density at radius 2 is 1.35 bits per heavy atom. The number of halogens is 1. The molecule has 0 aliphatic rings. The van der Waals surface area contributed by atoms with Crippen LogP contribution in [0.2, 0.25) is 0 Å². The topological polar surface area (TPSA) is 54.0 Å². The van der Waals surface area contributed by atoms with Crippen molar-refractivity contribution in [3.63, 3.8) is 0 Å². The maximum absolute atomic E-state index is 11.4. The third kappa shape index (κ3) is 2.39. The van der Waals surface area contributed by atoms with E-state index >= 15 is 0 Å². The molecule has 6 heteroatoms. The van der Waals surface area contributed by atoms with Crippen LogP contribution in [0.3, 0.4) is 0 Å². The van der Waals surface area contributed by atoms with Crippen molar-refractivity contribution < 1.29 is 23.7 Å². The second-order valence-corrected chi connectivity index (χ2v) is 3.34. The van der Waals surface area contributed by atoms with Gasteiger partial charge in [-0.05, 0) is 11.6 Å². The molecule has 94 valence electrons. The van der Waals surface area contributed by atoms with Gasteiger partial charge < -0.3 is 18.9 Å². The summed E-state index contributed by atoms with van der Waals surface area (Å²) in [4.78, 5) is 11.4. The quantitative estimate of drug-likeness (QED) is 0.759. The first kappa shape index (κ1) is 13.4. The predicted molar refractivity (Wildman–Crippen MR) is 62.8 cm³/mol. The van der Waals surface area contributed by atoms with Gasteiger partial charge in [0.1, 0.15) is 5.56 Å². The van der Waals surface area contributed by atoms with Crippen LogP contribution in [0, 0.1) is 0 Å². The molecule has 0 amide bonds. The fourth-order valence-corrected chi connectivity index (χ4v) is 1.66. The molecule has 0 saturated carbocycles. The smallest absolute Gasteiger partial charge is 0.260 e. The van der Waals surface area contributed by atoms with Gasteiger partial charge in [0, 0.05) is 6.07 Å². The minimum Gasteiger partial charge on any atom is -0.493 e. The summed E-state index contributed by atoms with van der Waals surface area (Å²) in [5.74, 6) is 1.11. The van der Waals surface area contributed by atoms with Gasteiger partial charge in [-0.1, -0.05) is 0 Å². The molecule has 0 aliphatic heterocycles. The fourth-order valence-electron chi connectivity index (χ4n) is 1.49. The minimum absolute atomic E-state index is 0.0767. The number of benzene rings is 1. The molecule has 0 radical (unpaired) electrons. The highest BCUT2D eigenvalue weighted by Gasteiger charge is 2.25. The predicted octanol–water partition coefficient (Wildman–Crippen LogP) is 2.10. The summed E-state index contributed by atoms with van der Waals surface area (Å²) in [5, 5.41) is -0.712. The van der Waals surface area contributed by atoms with Gasteiger partial charge in [0.25, 0.3) is 5.24 Å². The Labute approximate surface area is 104 Å². The lowest BCUT2D eigenvalue weighted by atomic mass is 10.1. The van der Waals surface area contributed by atoms with Gasteiger partial charge in [-0.25, -0.2) is 0 Å². The van der Waals surface area contributed by atoms with Crippen LogP contribution in [0.4, 0.5) is 0 Å². The summed E-state index contributed by atoms with van der Waals surface area (Å²) in [6.45, 7) is 0. The summed E-state index contributed by atoms with van der Waals surface area (Å²) in [7, 11) is 5.72. The normalized spacial score (nSPS) is 9.71. The van der Waals surface area contributed by atoms with E-state index in [1.807, 2.05) is 0 Å². The number of rotatable bonds is 5. The Kier molecular flexibility index (Phi) is 4.45. The van der Waals surface area contributed by atoms with Crippen molar-refractivity contribution in [1.29, 1.82) is 0 Å². The van der Waals surface area contributed by atoms with Gasteiger partial charge in [0.15, 0.2) is 23.0 Å². The highest BCUT2D eigenvalue weighted by atomic mass is 35.5. The SMILES string of the molecule is COc1cc(OC)c(OC)c(C(=O)Cl)c1OC. The standard InChI is InChI=1S/C11H13ClO5/c1-14-6-5-7(15-2)10(17-4)8(11(12)13)9(6)16-3/h5H,1-4H3. The molecular weight excluding hydrogens is 248 g/mol. The van der Waals surface area contributed by atoms with Gasteiger partial charge in [-0.2, -0.15) is 0 Å². The average molecular weight is 261 g/mol. The Hall–Kier alpha value is -1.62. The van der Waals surface area contributed by atoms with Crippen LogP contribution in [-0.2, 0) is 0 Å². The van der Waals surface area contributed by atoms with Crippen molar-refractivity contribution in [1.82, 2.24) is 0 Å². The number of methoxy groups -OCH3 is 4. The Morgan fingerprint density at radius 1 is 0.941 bits per heavy atom. The zero-order valence-corrected chi connectivity index (χ0v) is 10.8. The first-order valence-electron chi connectivity index (χ1n) is 4.67. The van der Waals surface area contributed by atoms with E-state index in [1.54, 1.807) is 6.07 Å². The van der Waals surface area contributed by atoms with Crippen LogP contribution in [-0.4, -0.2) is 33.7 Å². The Balaban J connectivity index is 3.63. The number of carbonyl (C=O) groups is 1. The zero-order chi connectivity index (χ0) is 13.0. The lowest BCUT2D eigenvalue weighted by Crippen LogP contribution is -2.04. The van der Waals surface area contributed by atoms with Crippen molar-refractivity contribution >= 4 is 16.8 Å². The van der Waals surface area contributed by atoms with E-state index in [1.165, 1.54) is 28.4 Å². The summed E-state index contributed by atoms with van der Waals surface area (Å²) in [5.41, 5.74) is 0.0767. The molecule has 1 aromatic carbocycles. The number of hydrogen-bond acceptors (Lipinski definition) is 5. The van der Waals surface area contributed by atoms with Crippen molar-refractivity contribution in [2.24, 2.45) is 0 Å². The molecule has 0 bridgehead atoms. The highest BCUT2D eigenvalue weighted by Crippen LogP contribution is 2.44. The molecule has 0 aliphatic carbocycles. The first-order chi connectivity index (χ1) is 8.10. The van der Waals surface area contributed by atoms with Crippen molar-refractivity contribution in [3.05, 3.63) is 11.6 Å². The molecule has 17 heavy (non-hydrogen) atoms. The third-order valence-corrected chi connectivity index (χ3v) is 2.40. The van der Waals surface area contributed by atoms with Gasteiger partial charge >= 0.3 is 0 Å². The van der Waals surface area contributed by atoms with Crippen LogP contribution in [0.1, 0.15) is 10.4 Å². The van der Waals surface area contributed by atoms with Crippen LogP contribution in [0.15, 0.2) is 6.07 Å². The van der Waals surface area contributed by atoms with Crippen LogP contribution < -0.4 is 18.9 Å². The molecule has 5 nitrogen and oxygen atoms in total. The summed E-state index contributed by atoms with van der Waals surface area (Å²) in [6.07, 6.45) is 0. The van der Waals surface area contributed by atoms with Gasteiger partial charge in [-0.3, -0.25) is 4.79 Å². The maximum Gasteiger partial charge on any atom is 0.260 e. The largest absolute Gasteiger partial charge is 0.493 e. The van der Waals surface area contributed by atoms with Crippen LogP contribution in [0.5, 0.6) is 23.0 Å². The van der Waals surface area contributed by atoms with Gasteiger partial charge in [-0.15, -0.1) is 0 Å². The molecule has 1 rings (SSSR count). The third-order valence-electron chi connectivity index (χ3n) is 2.21. The van der Waals surface area contributed by atoms with E-state index in [-0.39, 0.29) is 17.1 Å². The first-order valence-corrected chi connectivity index (χ1v) is 5.05. The zero-order valence-electron chi connectivity index (χ0n) is 10.00. The average Bonchev–Trinajstić information content (AvgIpc) is 2.35. The van der Waals surface area contributed by atoms with Crippen molar-refractivity contribution in [3.8, 4) is 23.0 Å². The highest BCUT2D eigenvalue weighted by molar-refractivity contribution is 6.68. The van der Waals surface area contributed by atoms with Crippen molar-refractivity contribution in [2.45, 2.75) is 0 Å².